The minimum Gasteiger partial charge on any atom is -0.497 e. The van der Waals surface area contributed by atoms with Gasteiger partial charge < -0.3 is 24.0 Å². The highest BCUT2D eigenvalue weighted by molar-refractivity contribution is 8.00. The molecule has 48 heavy (non-hydrogen) atoms. The van der Waals surface area contributed by atoms with Gasteiger partial charge in [0.2, 0.25) is 17.7 Å². The van der Waals surface area contributed by atoms with Crippen LogP contribution in [0.4, 0.5) is 5.82 Å². The van der Waals surface area contributed by atoms with E-state index in [9.17, 15) is 14.4 Å². The molecular weight excluding hydrogens is 654 g/mol. The van der Waals surface area contributed by atoms with Crippen molar-refractivity contribution in [3.63, 3.8) is 0 Å². The average Bonchev–Trinajstić information content (AvgIpc) is 3.44. The van der Waals surface area contributed by atoms with Gasteiger partial charge in [-0.3, -0.25) is 19.3 Å². The van der Waals surface area contributed by atoms with E-state index in [0.29, 0.717) is 65.6 Å². The molecule has 2 aliphatic rings. The molecule has 0 bridgehead atoms. The SMILES string of the molecule is COc1ccc(-n2nc(-c3ccc(Cl)cc3)c3c2N(CC(=O)N2CCN(C(C)=O)CC2)C(=O)CS[C@H]3c2cc(OC)ccc2OC)cc1. The number of carbonyl (C=O) groups is 3. The number of benzene rings is 3. The van der Waals surface area contributed by atoms with Crippen LogP contribution in [-0.4, -0.2) is 97.1 Å². The maximum absolute atomic E-state index is 14.2. The van der Waals surface area contributed by atoms with Crippen LogP contribution in [0.25, 0.3) is 16.9 Å². The minimum absolute atomic E-state index is 0.0244. The molecule has 0 aliphatic carbocycles. The zero-order chi connectivity index (χ0) is 33.9. The molecule has 0 radical (unpaired) electrons. The van der Waals surface area contributed by atoms with E-state index >= 15 is 0 Å². The van der Waals surface area contributed by atoms with E-state index in [0.717, 1.165) is 16.7 Å². The Bertz CT molecular complexity index is 1820. The molecule has 11 nitrogen and oxygen atoms in total. The van der Waals surface area contributed by atoms with Crippen LogP contribution in [0.2, 0.25) is 5.02 Å². The third-order valence-electron chi connectivity index (χ3n) is 8.61. The van der Waals surface area contributed by atoms with Crippen molar-refractivity contribution >= 4 is 46.9 Å². The number of nitrogens with zero attached hydrogens (tertiary/aromatic N) is 5. The molecule has 2 aliphatic heterocycles. The van der Waals surface area contributed by atoms with Gasteiger partial charge in [0.15, 0.2) is 0 Å². The number of rotatable bonds is 8. The second kappa shape index (κ2) is 14.2. The number of anilines is 1. The Labute approximate surface area is 288 Å². The summed E-state index contributed by atoms with van der Waals surface area (Å²) in [6.45, 7) is 2.99. The fraction of sp³-hybridized carbons (Fsp3) is 0.314. The Morgan fingerprint density at radius 3 is 2.15 bits per heavy atom. The summed E-state index contributed by atoms with van der Waals surface area (Å²) >= 11 is 7.74. The van der Waals surface area contributed by atoms with Crippen LogP contribution in [0.3, 0.4) is 0 Å². The van der Waals surface area contributed by atoms with Gasteiger partial charge >= 0.3 is 0 Å². The summed E-state index contributed by atoms with van der Waals surface area (Å²) in [7, 11) is 4.81. The Hall–Kier alpha value is -4.68. The summed E-state index contributed by atoms with van der Waals surface area (Å²) in [4.78, 5) is 45.0. The van der Waals surface area contributed by atoms with Gasteiger partial charge in [0.25, 0.3) is 0 Å². The Morgan fingerprint density at radius 2 is 1.52 bits per heavy atom. The Balaban J connectivity index is 1.56. The number of aromatic nitrogens is 2. The van der Waals surface area contributed by atoms with Crippen molar-refractivity contribution in [1.29, 1.82) is 0 Å². The van der Waals surface area contributed by atoms with Gasteiger partial charge in [-0.25, -0.2) is 4.68 Å². The first kappa shape index (κ1) is 33.2. The van der Waals surface area contributed by atoms with E-state index < -0.39 is 5.25 Å². The van der Waals surface area contributed by atoms with E-state index in [4.69, 9.17) is 30.9 Å². The fourth-order valence-corrected chi connectivity index (χ4v) is 7.38. The molecule has 1 aromatic heterocycles. The third-order valence-corrected chi connectivity index (χ3v) is 10.1. The second-order valence-electron chi connectivity index (χ2n) is 11.4. The number of piperazine rings is 1. The lowest BCUT2D eigenvalue weighted by Gasteiger charge is -2.35. The summed E-state index contributed by atoms with van der Waals surface area (Å²) in [6.07, 6.45) is 0. The normalized spacial score (nSPS) is 16.3. The van der Waals surface area contributed by atoms with Gasteiger partial charge in [-0.2, -0.15) is 5.10 Å². The van der Waals surface area contributed by atoms with Crippen molar-refractivity contribution in [2.45, 2.75) is 12.2 Å². The lowest BCUT2D eigenvalue weighted by Crippen LogP contribution is -2.53. The molecule has 250 valence electrons. The summed E-state index contributed by atoms with van der Waals surface area (Å²) in [5, 5.41) is 5.29. The largest absolute Gasteiger partial charge is 0.497 e. The van der Waals surface area contributed by atoms with Crippen LogP contribution in [0.15, 0.2) is 66.7 Å². The van der Waals surface area contributed by atoms with Gasteiger partial charge in [0, 0.05) is 54.8 Å². The van der Waals surface area contributed by atoms with Crippen molar-refractivity contribution < 1.29 is 28.6 Å². The summed E-state index contributed by atoms with van der Waals surface area (Å²) in [5.41, 5.74) is 3.63. The highest BCUT2D eigenvalue weighted by atomic mass is 35.5. The zero-order valence-corrected chi connectivity index (χ0v) is 28.7. The van der Waals surface area contributed by atoms with Crippen molar-refractivity contribution in [3.8, 4) is 34.2 Å². The van der Waals surface area contributed by atoms with Crippen molar-refractivity contribution in [1.82, 2.24) is 19.6 Å². The van der Waals surface area contributed by atoms with E-state index in [1.165, 1.54) is 18.7 Å². The molecule has 1 fully saturated rings. The molecular formula is C35H36ClN5O6S. The third kappa shape index (κ3) is 6.54. The number of thioether (sulfide) groups is 1. The standard InChI is InChI=1S/C35H36ClN5O6S/c1-22(42)38-15-17-39(18-16-38)30(43)20-40-31(44)21-48-34(28-19-27(46-3)13-14-29(28)47-4)32-33(23-5-7-24(36)8-6-23)37-41(35(32)40)25-9-11-26(45-2)12-10-25/h5-14,19,34H,15-18,20-21H2,1-4H3/t34-/m0/s1. The molecule has 3 aromatic carbocycles. The lowest BCUT2D eigenvalue weighted by atomic mass is 9.98. The van der Waals surface area contributed by atoms with Crippen LogP contribution in [0.1, 0.15) is 23.3 Å². The first-order chi connectivity index (χ1) is 23.2. The van der Waals surface area contributed by atoms with Gasteiger partial charge in [-0.05, 0) is 54.6 Å². The highest BCUT2D eigenvalue weighted by Gasteiger charge is 2.39. The highest BCUT2D eigenvalue weighted by Crippen LogP contribution is 2.51. The number of hydrogen-bond acceptors (Lipinski definition) is 8. The predicted octanol–water partition coefficient (Wildman–Crippen LogP) is 5.08. The van der Waals surface area contributed by atoms with Crippen LogP contribution < -0.4 is 19.1 Å². The molecule has 13 heteroatoms. The van der Waals surface area contributed by atoms with E-state index in [2.05, 4.69) is 0 Å². The van der Waals surface area contributed by atoms with E-state index in [-0.39, 0.29) is 30.0 Å². The number of amides is 3. The first-order valence-corrected chi connectivity index (χ1v) is 16.9. The molecule has 0 unspecified atom stereocenters. The molecule has 6 rings (SSSR count). The van der Waals surface area contributed by atoms with E-state index in [1.54, 1.807) is 52.8 Å². The van der Waals surface area contributed by atoms with Crippen LogP contribution in [0.5, 0.6) is 17.2 Å². The maximum Gasteiger partial charge on any atom is 0.242 e. The number of carbonyl (C=O) groups excluding carboxylic acids is 3. The van der Waals surface area contributed by atoms with Gasteiger partial charge in [-0.1, -0.05) is 23.7 Å². The zero-order valence-electron chi connectivity index (χ0n) is 27.1. The van der Waals surface area contributed by atoms with Crippen molar-refractivity contribution in [2.24, 2.45) is 0 Å². The number of halogens is 1. The van der Waals surface area contributed by atoms with Crippen LogP contribution in [-0.2, 0) is 14.4 Å². The van der Waals surface area contributed by atoms with Crippen LogP contribution >= 0.6 is 23.4 Å². The quantitative estimate of drug-likeness (QED) is 0.252. The summed E-state index contributed by atoms with van der Waals surface area (Å²) in [6, 6.07) is 20.3. The fourth-order valence-electron chi connectivity index (χ4n) is 6.04. The smallest absolute Gasteiger partial charge is 0.242 e. The molecule has 3 heterocycles. The topological polar surface area (TPSA) is 106 Å². The monoisotopic (exact) mass is 689 g/mol. The number of hydrogen-bond donors (Lipinski definition) is 0. The molecule has 4 aromatic rings. The average molecular weight is 690 g/mol. The van der Waals surface area contributed by atoms with Gasteiger partial charge in [0.1, 0.15) is 29.6 Å². The number of fused-ring (bicyclic) bond motifs is 1. The Morgan fingerprint density at radius 1 is 0.875 bits per heavy atom. The molecule has 3 amide bonds. The molecule has 0 N–H and O–H groups in total. The molecule has 0 saturated carbocycles. The molecule has 1 saturated heterocycles. The first-order valence-electron chi connectivity index (χ1n) is 15.4. The predicted molar refractivity (Wildman–Crippen MR) is 186 cm³/mol. The maximum atomic E-state index is 14.2. The molecule has 1 atom stereocenters. The lowest BCUT2D eigenvalue weighted by molar-refractivity contribution is -0.137. The van der Waals surface area contributed by atoms with Gasteiger partial charge in [-0.15, -0.1) is 11.8 Å². The summed E-state index contributed by atoms with van der Waals surface area (Å²) in [5.74, 6) is 2.02. The minimum atomic E-state index is -0.439. The second-order valence-corrected chi connectivity index (χ2v) is 12.9. The van der Waals surface area contributed by atoms with Crippen molar-refractivity contribution in [3.05, 3.63) is 82.9 Å². The number of ether oxygens (including phenoxy) is 3. The molecule has 0 spiro atoms. The number of methoxy groups -OCH3 is 3. The summed E-state index contributed by atoms with van der Waals surface area (Å²) < 4.78 is 18.6. The van der Waals surface area contributed by atoms with Gasteiger partial charge in [0.05, 0.1) is 43.7 Å². The Kier molecular flexibility index (Phi) is 9.83. The van der Waals surface area contributed by atoms with E-state index in [1.807, 2.05) is 54.6 Å². The van der Waals surface area contributed by atoms with Crippen molar-refractivity contribution in [2.75, 3.05) is 64.7 Å². The van der Waals surface area contributed by atoms with Crippen LogP contribution in [0, 0.1) is 0 Å².